The van der Waals surface area contributed by atoms with Gasteiger partial charge in [-0.15, -0.1) is 0 Å². The highest BCUT2D eigenvalue weighted by Gasteiger charge is 2.37. The lowest BCUT2D eigenvalue weighted by Gasteiger charge is -2.20. The Morgan fingerprint density at radius 1 is 1.19 bits per heavy atom. The molecule has 21 heavy (non-hydrogen) atoms. The molecular formula is C13H14F3N5. The molecule has 0 spiro atoms. The summed E-state index contributed by atoms with van der Waals surface area (Å²) in [6.07, 6.45) is 1.33. The van der Waals surface area contributed by atoms with E-state index in [1.54, 1.807) is 12.4 Å². The van der Waals surface area contributed by atoms with E-state index in [9.17, 15) is 13.2 Å². The number of imidazole rings is 1. The third-order valence-electron chi connectivity index (χ3n) is 3.42. The van der Waals surface area contributed by atoms with Gasteiger partial charge in [-0.2, -0.15) is 13.2 Å². The van der Waals surface area contributed by atoms with Crippen LogP contribution in [0, 0.1) is 0 Å². The molecule has 0 saturated carbocycles. The zero-order valence-corrected chi connectivity index (χ0v) is 11.2. The summed E-state index contributed by atoms with van der Waals surface area (Å²) in [5, 5.41) is 2.79. The summed E-state index contributed by atoms with van der Waals surface area (Å²) in [6, 6.07) is 0. The van der Waals surface area contributed by atoms with E-state index in [4.69, 9.17) is 0 Å². The molecule has 3 rings (SSSR count). The Labute approximate surface area is 119 Å². The molecule has 0 aliphatic heterocycles. The van der Waals surface area contributed by atoms with Gasteiger partial charge in [-0.1, -0.05) is 0 Å². The van der Waals surface area contributed by atoms with Crippen molar-refractivity contribution in [2.75, 3.05) is 5.32 Å². The second-order valence-electron chi connectivity index (χ2n) is 4.92. The van der Waals surface area contributed by atoms with E-state index in [0.717, 1.165) is 12.8 Å². The van der Waals surface area contributed by atoms with Crippen molar-refractivity contribution >= 4 is 5.95 Å². The highest BCUT2D eigenvalue weighted by Crippen LogP contribution is 2.35. The third-order valence-corrected chi connectivity index (χ3v) is 3.42. The second kappa shape index (κ2) is 5.34. The maximum atomic E-state index is 13.1. The molecule has 2 aromatic rings. The van der Waals surface area contributed by atoms with E-state index in [1.165, 1.54) is 0 Å². The van der Waals surface area contributed by atoms with Gasteiger partial charge in [0.05, 0.1) is 6.54 Å². The lowest BCUT2D eigenvalue weighted by Crippen LogP contribution is -2.20. The summed E-state index contributed by atoms with van der Waals surface area (Å²) in [6.45, 7) is 0.253. The normalized spacial score (nSPS) is 14.8. The van der Waals surface area contributed by atoms with Gasteiger partial charge in [-0.05, 0) is 25.7 Å². The predicted molar refractivity (Wildman–Crippen MR) is 69.6 cm³/mol. The van der Waals surface area contributed by atoms with Crippen LogP contribution in [0.3, 0.4) is 0 Å². The molecule has 0 unspecified atom stereocenters. The van der Waals surface area contributed by atoms with Gasteiger partial charge in [-0.3, -0.25) is 0 Å². The summed E-state index contributed by atoms with van der Waals surface area (Å²) in [7, 11) is 0. The van der Waals surface area contributed by atoms with Crippen LogP contribution in [-0.2, 0) is 25.6 Å². The number of aryl methyl sites for hydroxylation is 1. The Morgan fingerprint density at radius 2 is 2.00 bits per heavy atom. The number of nitrogens with zero attached hydrogens (tertiary/aromatic N) is 3. The Morgan fingerprint density at radius 3 is 2.71 bits per heavy atom. The molecule has 0 radical (unpaired) electrons. The van der Waals surface area contributed by atoms with Crippen molar-refractivity contribution in [1.82, 2.24) is 19.9 Å². The number of aromatic amines is 1. The summed E-state index contributed by atoms with van der Waals surface area (Å²) < 4.78 is 39.4. The van der Waals surface area contributed by atoms with Crippen molar-refractivity contribution in [3.05, 3.63) is 35.2 Å². The number of hydrogen-bond acceptors (Lipinski definition) is 4. The van der Waals surface area contributed by atoms with Gasteiger partial charge in [0, 0.05) is 23.7 Å². The molecule has 8 heteroatoms. The first-order valence-electron chi connectivity index (χ1n) is 6.73. The molecule has 1 aliphatic carbocycles. The van der Waals surface area contributed by atoms with Crippen LogP contribution in [-0.4, -0.2) is 19.9 Å². The zero-order valence-electron chi connectivity index (χ0n) is 11.2. The number of aromatic nitrogens is 4. The minimum atomic E-state index is -4.45. The van der Waals surface area contributed by atoms with Crippen LogP contribution < -0.4 is 5.32 Å². The van der Waals surface area contributed by atoms with Crippen molar-refractivity contribution in [2.24, 2.45) is 0 Å². The predicted octanol–water partition coefficient (Wildman–Crippen LogP) is 2.71. The summed E-state index contributed by atoms with van der Waals surface area (Å²) >= 11 is 0. The molecule has 112 valence electrons. The quantitative estimate of drug-likeness (QED) is 0.914. The van der Waals surface area contributed by atoms with Crippen LogP contribution in [0.5, 0.6) is 0 Å². The van der Waals surface area contributed by atoms with Crippen molar-refractivity contribution in [3.8, 4) is 0 Å². The number of hydrogen-bond donors (Lipinski definition) is 2. The third kappa shape index (κ3) is 2.98. The maximum Gasteiger partial charge on any atom is 0.433 e. The topological polar surface area (TPSA) is 66.5 Å². The van der Waals surface area contributed by atoms with Crippen molar-refractivity contribution in [1.29, 1.82) is 0 Å². The molecule has 2 aromatic heterocycles. The molecule has 5 nitrogen and oxygen atoms in total. The molecule has 0 bridgehead atoms. The smallest absolute Gasteiger partial charge is 0.347 e. The molecule has 0 saturated heterocycles. The number of rotatable bonds is 3. The molecule has 2 N–H and O–H groups in total. The van der Waals surface area contributed by atoms with E-state index < -0.39 is 11.9 Å². The fourth-order valence-electron chi connectivity index (χ4n) is 2.47. The van der Waals surface area contributed by atoms with Gasteiger partial charge in [-0.25, -0.2) is 15.0 Å². The minimum Gasteiger partial charge on any atom is -0.347 e. The zero-order chi connectivity index (χ0) is 14.9. The second-order valence-corrected chi connectivity index (χ2v) is 4.92. The number of nitrogens with one attached hydrogen (secondary N) is 2. The van der Waals surface area contributed by atoms with Crippen molar-refractivity contribution < 1.29 is 13.2 Å². The average molecular weight is 297 g/mol. The number of fused-ring (bicyclic) bond motifs is 1. The summed E-state index contributed by atoms with van der Waals surface area (Å²) in [4.78, 5) is 14.7. The van der Waals surface area contributed by atoms with Gasteiger partial charge in [0.1, 0.15) is 5.82 Å². The van der Waals surface area contributed by atoms with Crippen LogP contribution in [0.25, 0.3) is 0 Å². The minimum absolute atomic E-state index is 0.000579. The number of halogens is 3. The van der Waals surface area contributed by atoms with Crippen LogP contribution in [0.15, 0.2) is 12.4 Å². The van der Waals surface area contributed by atoms with Gasteiger partial charge in [0.2, 0.25) is 5.95 Å². The standard InChI is InChI=1S/C13H14F3N5/c14-13(15,16)11-8-3-1-2-4-9(8)20-12(21-11)19-7-10-17-5-6-18-10/h5-6H,1-4,7H2,(H,17,18)(H,19,20,21). The largest absolute Gasteiger partial charge is 0.433 e. The van der Waals surface area contributed by atoms with Gasteiger partial charge >= 0.3 is 6.18 Å². The molecule has 2 heterocycles. The SMILES string of the molecule is FC(F)(F)c1nc(NCc2ncc[nH]2)nc2c1CCCC2. The summed E-state index contributed by atoms with van der Waals surface area (Å²) in [5.74, 6) is 0.615. The first kappa shape index (κ1) is 13.8. The van der Waals surface area contributed by atoms with E-state index in [2.05, 4.69) is 25.3 Å². The molecule has 1 aliphatic rings. The molecule has 0 aromatic carbocycles. The Balaban J connectivity index is 1.90. The number of anilines is 1. The van der Waals surface area contributed by atoms with Gasteiger partial charge < -0.3 is 10.3 Å². The lowest BCUT2D eigenvalue weighted by atomic mass is 9.94. The van der Waals surface area contributed by atoms with E-state index in [1.807, 2.05) is 0 Å². The van der Waals surface area contributed by atoms with Gasteiger partial charge in [0.25, 0.3) is 0 Å². The van der Waals surface area contributed by atoms with Crippen LogP contribution in [0.2, 0.25) is 0 Å². The van der Waals surface area contributed by atoms with Crippen molar-refractivity contribution in [2.45, 2.75) is 38.4 Å². The number of alkyl halides is 3. The first-order valence-corrected chi connectivity index (χ1v) is 6.73. The average Bonchev–Trinajstić information content (AvgIpc) is 2.96. The van der Waals surface area contributed by atoms with Crippen LogP contribution in [0.1, 0.15) is 35.6 Å². The van der Waals surface area contributed by atoms with E-state index in [-0.39, 0.29) is 18.1 Å². The monoisotopic (exact) mass is 297 g/mol. The van der Waals surface area contributed by atoms with Crippen LogP contribution in [0.4, 0.5) is 19.1 Å². The molecule has 0 amide bonds. The highest BCUT2D eigenvalue weighted by atomic mass is 19.4. The molecular weight excluding hydrogens is 283 g/mol. The van der Waals surface area contributed by atoms with Crippen molar-refractivity contribution in [3.63, 3.8) is 0 Å². The lowest BCUT2D eigenvalue weighted by molar-refractivity contribution is -0.142. The van der Waals surface area contributed by atoms with Crippen LogP contribution >= 0.6 is 0 Å². The summed E-state index contributed by atoms with van der Waals surface area (Å²) in [5.41, 5.74) is -0.0584. The van der Waals surface area contributed by atoms with E-state index in [0.29, 0.717) is 24.4 Å². The first-order chi connectivity index (χ1) is 10.0. The highest BCUT2D eigenvalue weighted by molar-refractivity contribution is 5.37. The fraction of sp³-hybridized carbons (Fsp3) is 0.462. The fourth-order valence-corrected chi connectivity index (χ4v) is 2.47. The maximum absolute atomic E-state index is 13.1. The molecule has 0 atom stereocenters. The van der Waals surface area contributed by atoms with E-state index >= 15 is 0 Å². The Bertz CT molecular complexity index is 621. The Kier molecular flexibility index (Phi) is 3.52. The number of H-pyrrole nitrogens is 1. The molecule has 0 fully saturated rings. The Hall–Kier alpha value is -2.12. The van der Waals surface area contributed by atoms with Gasteiger partial charge in [0.15, 0.2) is 5.69 Å².